The van der Waals surface area contributed by atoms with E-state index in [1.807, 2.05) is 24.3 Å². The van der Waals surface area contributed by atoms with Gasteiger partial charge in [-0.25, -0.2) is 0 Å². The Labute approximate surface area is 111 Å². The van der Waals surface area contributed by atoms with Gasteiger partial charge >= 0.3 is 0 Å². The number of nitrogens with one attached hydrogen (secondary N) is 2. The molecule has 0 unspecified atom stereocenters. The molecule has 0 rings (SSSR count). The van der Waals surface area contributed by atoms with Crippen LogP contribution in [-0.4, -0.2) is 50.5 Å². The van der Waals surface area contributed by atoms with Crippen molar-refractivity contribution in [2.24, 2.45) is 0 Å². The number of rotatable bonds is 12. The van der Waals surface area contributed by atoms with Crippen molar-refractivity contribution < 1.29 is 14.9 Å². The summed E-state index contributed by atoms with van der Waals surface area (Å²) in [5.74, 6) is 0. The molecule has 0 aromatic heterocycles. The molecule has 0 aromatic rings. The van der Waals surface area contributed by atoms with Crippen molar-refractivity contribution in [2.75, 3.05) is 39.3 Å². The summed E-state index contributed by atoms with van der Waals surface area (Å²) in [6.45, 7) is 19.8. The van der Waals surface area contributed by atoms with E-state index in [-0.39, 0.29) is 6.10 Å². The van der Waals surface area contributed by atoms with Crippen LogP contribution in [0.5, 0.6) is 0 Å². The fraction of sp³-hybridized carbons (Fsp3) is 0.467. The molecule has 3 nitrogen and oxygen atoms in total. The Morgan fingerprint density at radius 1 is 0.722 bits per heavy atom. The van der Waals surface area contributed by atoms with Gasteiger partial charge in [-0.05, 0) is 24.3 Å². The Bertz CT molecular complexity index is 217. The lowest BCUT2D eigenvalue weighted by Crippen LogP contribution is -3.16. The highest BCUT2D eigenvalue weighted by molar-refractivity contribution is 4.70. The molecule has 0 aliphatic heterocycles. The van der Waals surface area contributed by atoms with E-state index in [4.69, 9.17) is 0 Å². The minimum atomic E-state index is -0.324. The summed E-state index contributed by atoms with van der Waals surface area (Å²) in [7, 11) is 0. The van der Waals surface area contributed by atoms with E-state index >= 15 is 0 Å². The number of aliphatic hydroxyl groups excluding tert-OH is 1. The monoisotopic (exact) mass is 252 g/mol. The fourth-order valence-corrected chi connectivity index (χ4v) is 2.06. The Kier molecular flexibility index (Phi) is 10.3. The van der Waals surface area contributed by atoms with Gasteiger partial charge in [-0.3, -0.25) is 0 Å². The van der Waals surface area contributed by atoms with Gasteiger partial charge in [-0.2, -0.15) is 0 Å². The number of hydrogen-bond acceptors (Lipinski definition) is 1. The molecule has 102 valence electrons. The predicted molar refractivity (Wildman–Crippen MR) is 77.9 cm³/mol. The smallest absolute Gasteiger partial charge is 0.152 e. The molecule has 0 bridgehead atoms. The van der Waals surface area contributed by atoms with Crippen LogP contribution >= 0.6 is 0 Å². The summed E-state index contributed by atoms with van der Waals surface area (Å²) in [4.78, 5) is 2.56. The van der Waals surface area contributed by atoms with Crippen molar-refractivity contribution in [3.63, 3.8) is 0 Å². The first-order valence-corrected chi connectivity index (χ1v) is 6.46. The highest BCUT2D eigenvalue weighted by atomic mass is 16.3. The van der Waals surface area contributed by atoms with Gasteiger partial charge < -0.3 is 14.9 Å². The second kappa shape index (κ2) is 11.0. The number of quaternary nitrogens is 2. The van der Waals surface area contributed by atoms with Crippen LogP contribution in [0.25, 0.3) is 0 Å². The van der Waals surface area contributed by atoms with E-state index in [2.05, 4.69) is 26.3 Å². The summed E-state index contributed by atoms with van der Waals surface area (Å²) in [5.41, 5.74) is 0. The second-order valence-electron chi connectivity index (χ2n) is 4.53. The zero-order chi connectivity index (χ0) is 13.8. The van der Waals surface area contributed by atoms with Crippen LogP contribution in [0.15, 0.2) is 50.6 Å². The Balaban J connectivity index is 4.20. The van der Waals surface area contributed by atoms with Gasteiger partial charge in [-0.15, -0.1) is 0 Å². The molecule has 0 saturated carbocycles. The van der Waals surface area contributed by atoms with Gasteiger partial charge in [0.05, 0.1) is 26.2 Å². The zero-order valence-electron chi connectivity index (χ0n) is 11.4. The largest absolute Gasteiger partial charge is 0.382 e. The average molecular weight is 252 g/mol. The minimum Gasteiger partial charge on any atom is -0.382 e. The van der Waals surface area contributed by atoms with Gasteiger partial charge in [0.15, 0.2) is 6.10 Å². The SMILES string of the molecule is C=CC[NH+](CC=C)CC(O)C[NH+](CC=C)CC=C. The van der Waals surface area contributed by atoms with E-state index in [9.17, 15) is 5.11 Å². The first-order chi connectivity index (χ1) is 8.67. The molecule has 3 heteroatoms. The van der Waals surface area contributed by atoms with Crippen molar-refractivity contribution in [3.05, 3.63) is 50.6 Å². The van der Waals surface area contributed by atoms with Crippen LogP contribution in [0, 0.1) is 0 Å². The summed E-state index contributed by atoms with van der Waals surface area (Å²) in [6.07, 6.45) is 7.19. The molecule has 0 aliphatic rings. The van der Waals surface area contributed by atoms with Gasteiger partial charge in [0, 0.05) is 0 Å². The van der Waals surface area contributed by atoms with Crippen molar-refractivity contribution in [3.8, 4) is 0 Å². The molecule has 0 amide bonds. The maximum Gasteiger partial charge on any atom is 0.152 e. The van der Waals surface area contributed by atoms with Crippen LogP contribution in [0.3, 0.4) is 0 Å². The molecule has 0 fully saturated rings. The molecule has 3 N–H and O–H groups in total. The van der Waals surface area contributed by atoms with E-state index in [0.29, 0.717) is 0 Å². The van der Waals surface area contributed by atoms with Crippen LogP contribution < -0.4 is 9.80 Å². The van der Waals surface area contributed by atoms with Gasteiger partial charge in [-0.1, -0.05) is 26.3 Å². The quantitative estimate of drug-likeness (QED) is 0.377. The maximum absolute atomic E-state index is 10.1. The molecule has 0 aliphatic carbocycles. The maximum atomic E-state index is 10.1. The van der Waals surface area contributed by atoms with Crippen LogP contribution in [0.2, 0.25) is 0 Å². The van der Waals surface area contributed by atoms with Gasteiger partial charge in [0.2, 0.25) is 0 Å². The number of aliphatic hydroxyl groups is 1. The molecule has 18 heavy (non-hydrogen) atoms. The Hall–Kier alpha value is -1.16. The van der Waals surface area contributed by atoms with Gasteiger partial charge in [0.1, 0.15) is 13.1 Å². The Morgan fingerprint density at radius 3 is 1.22 bits per heavy atom. The highest BCUT2D eigenvalue weighted by Gasteiger charge is 2.17. The third-order valence-corrected chi connectivity index (χ3v) is 2.78. The summed E-state index contributed by atoms with van der Waals surface area (Å²) in [6, 6.07) is 0. The zero-order valence-corrected chi connectivity index (χ0v) is 11.4. The topological polar surface area (TPSA) is 29.1 Å². The molecule has 0 heterocycles. The van der Waals surface area contributed by atoms with Crippen molar-refractivity contribution in [2.45, 2.75) is 6.10 Å². The lowest BCUT2D eigenvalue weighted by atomic mass is 10.2. The molecule has 0 saturated heterocycles. The molecule has 0 spiro atoms. The normalized spacial score (nSPS) is 10.9. The third kappa shape index (κ3) is 8.01. The standard InChI is InChI=1S/C15H26N2O/c1-5-9-16(10-6-2)13-15(18)14-17(11-7-3)12-8-4/h5-8,15,18H,1-4,9-14H2/p+2. The van der Waals surface area contributed by atoms with E-state index in [1.165, 1.54) is 9.80 Å². The first kappa shape index (κ1) is 16.8. The first-order valence-electron chi connectivity index (χ1n) is 6.46. The summed E-state index contributed by atoms with van der Waals surface area (Å²) in [5, 5.41) is 10.1. The Morgan fingerprint density at radius 2 is 1.00 bits per heavy atom. The highest BCUT2D eigenvalue weighted by Crippen LogP contribution is 1.73. The third-order valence-electron chi connectivity index (χ3n) is 2.78. The van der Waals surface area contributed by atoms with Crippen LogP contribution in [0.1, 0.15) is 0 Å². The summed E-state index contributed by atoms with van der Waals surface area (Å²) < 4.78 is 0. The van der Waals surface area contributed by atoms with E-state index in [1.54, 1.807) is 0 Å². The van der Waals surface area contributed by atoms with Crippen molar-refractivity contribution in [1.82, 2.24) is 0 Å². The fourth-order valence-electron chi connectivity index (χ4n) is 2.06. The lowest BCUT2D eigenvalue weighted by Gasteiger charge is -2.23. The molecular formula is C15H28N2O+2. The van der Waals surface area contributed by atoms with E-state index < -0.39 is 0 Å². The summed E-state index contributed by atoms with van der Waals surface area (Å²) >= 11 is 0. The molecule has 0 radical (unpaired) electrons. The van der Waals surface area contributed by atoms with Crippen molar-refractivity contribution >= 4 is 0 Å². The lowest BCUT2D eigenvalue weighted by molar-refractivity contribution is -0.913. The van der Waals surface area contributed by atoms with Crippen LogP contribution in [-0.2, 0) is 0 Å². The van der Waals surface area contributed by atoms with Gasteiger partial charge in [0.25, 0.3) is 0 Å². The minimum absolute atomic E-state index is 0.324. The molecule has 0 aromatic carbocycles. The molecular weight excluding hydrogens is 224 g/mol. The number of hydrogen-bond donors (Lipinski definition) is 3. The molecule has 0 atom stereocenters. The van der Waals surface area contributed by atoms with E-state index in [0.717, 1.165) is 39.3 Å². The van der Waals surface area contributed by atoms with Crippen LogP contribution in [0.4, 0.5) is 0 Å². The predicted octanol–water partition coefficient (Wildman–Crippen LogP) is -1.14. The second-order valence-corrected chi connectivity index (χ2v) is 4.53. The van der Waals surface area contributed by atoms with Crippen molar-refractivity contribution in [1.29, 1.82) is 0 Å². The average Bonchev–Trinajstić information content (AvgIpc) is 2.30.